The van der Waals surface area contributed by atoms with Gasteiger partial charge in [-0.15, -0.1) is 0 Å². The fraction of sp³-hybridized carbons (Fsp3) is 0.308. The summed E-state index contributed by atoms with van der Waals surface area (Å²) in [5.41, 5.74) is 2.62. The number of carbonyl (C=O) groups is 1. The molecule has 0 fully saturated rings. The molecule has 0 aliphatic rings. The van der Waals surface area contributed by atoms with Crippen molar-refractivity contribution in [1.29, 1.82) is 0 Å². The van der Waals surface area contributed by atoms with Crippen molar-refractivity contribution in [1.82, 2.24) is 4.57 Å². The van der Waals surface area contributed by atoms with Gasteiger partial charge in [0.25, 0.3) is 0 Å². The van der Waals surface area contributed by atoms with Gasteiger partial charge in [-0.3, -0.25) is 0 Å². The SMILES string of the molecule is CCOC(=O)c1c(C)n(C)c2cc(Br)ccc12. The van der Waals surface area contributed by atoms with E-state index in [2.05, 4.69) is 15.9 Å². The molecule has 3 nitrogen and oxygen atoms in total. The zero-order valence-corrected chi connectivity index (χ0v) is 11.7. The highest BCUT2D eigenvalue weighted by Crippen LogP contribution is 2.28. The number of aromatic nitrogens is 1. The van der Waals surface area contributed by atoms with Gasteiger partial charge in [-0.1, -0.05) is 22.0 Å². The third-order valence-electron chi connectivity index (χ3n) is 2.93. The van der Waals surface area contributed by atoms with E-state index in [1.165, 1.54) is 0 Å². The Morgan fingerprint density at radius 3 is 2.82 bits per heavy atom. The summed E-state index contributed by atoms with van der Waals surface area (Å²) in [7, 11) is 1.95. The number of hydrogen-bond donors (Lipinski definition) is 0. The molecule has 0 saturated carbocycles. The lowest BCUT2D eigenvalue weighted by Gasteiger charge is -2.02. The summed E-state index contributed by atoms with van der Waals surface area (Å²) in [4.78, 5) is 11.9. The molecule has 2 aromatic rings. The predicted octanol–water partition coefficient (Wildman–Crippen LogP) is 3.43. The molecule has 4 heteroatoms. The van der Waals surface area contributed by atoms with Crippen LogP contribution in [-0.2, 0) is 11.8 Å². The number of rotatable bonds is 2. The van der Waals surface area contributed by atoms with Crippen LogP contribution in [0.5, 0.6) is 0 Å². The summed E-state index contributed by atoms with van der Waals surface area (Å²) in [5.74, 6) is -0.252. The second-order valence-corrected chi connectivity index (χ2v) is 4.82. The summed E-state index contributed by atoms with van der Waals surface area (Å²) >= 11 is 3.44. The molecule has 0 saturated heterocycles. The van der Waals surface area contributed by atoms with Gasteiger partial charge in [0, 0.05) is 28.1 Å². The summed E-state index contributed by atoms with van der Waals surface area (Å²) in [6, 6.07) is 5.88. The summed E-state index contributed by atoms with van der Waals surface area (Å²) < 4.78 is 8.10. The van der Waals surface area contributed by atoms with E-state index in [1.54, 1.807) is 0 Å². The van der Waals surface area contributed by atoms with Crippen LogP contribution in [0.15, 0.2) is 22.7 Å². The number of ether oxygens (including phenoxy) is 1. The Kier molecular flexibility index (Phi) is 3.24. The molecule has 1 aromatic carbocycles. The normalized spacial score (nSPS) is 10.8. The van der Waals surface area contributed by atoms with Crippen molar-refractivity contribution in [2.45, 2.75) is 13.8 Å². The van der Waals surface area contributed by atoms with Crippen molar-refractivity contribution in [2.75, 3.05) is 6.61 Å². The smallest absolute Gasteiger partial charge is 0.340 e. The molecule has 17 heavy (non-hydrogen) atoms. The lowest BCUT2D eigenvalue weighted by molar-refractivity contribution is 0.0527. The minimum atomic E-state index is -0.252. The monoisotopic (exact) mass is 295 g/mol. The average Bonchev–Trinajstić information content (AvgIpc) is 2.53. The van der Waals surface area contributed by atoms with Gasteiger partial charge >= 0.3 is 5.97 Å². The quantitative estimate of drug-likeness (QED) is 0.795. The van der Waals surface area contributed by atoms with Gasteiger partial charge in [-0.05, 0) is 26.0 Å². The molecule has 0 spiro atoms. The lowest BCUT2D eigenvalue weighted by atomic mass is 10.1. The van der Waals surface area contributed by atoms with Crippen molar-refractivity contribution in [3.05, 3.63) is 33.9 Å². The van der Waals surface area contributed by atoms with Gasteiger partial charge in [0.05, 0.1) is 12.2 Å². The van der Waals surface area contributed by atoms with E-state index in [9.17, 15) is 4.79 Å². The number of aryl methyl sites for hydroxylation is 1. The van der Waals surface area contributed by atoms with Crippen LogP contribution < -0.4 is 0 Å². The number of esters is 1. The van der Waals surface area contributed by atoms with Gasteiger partial charge in [0.15, 0.2) is 0 Å². The van der Waals surface area contributed by atoms with Crippen molar-refractivity contribution in [2.24, 2.45) is 7.05 Å². The summed E-state index contributed by atoms with van der Waals surface area (Å²) in [5, 5.41) is 0.937. The van der Waals surface area contributed by atoms with Crippen LogP contribution in [0.4, 0.5) is 0 Å². The molecule has 1 aromatic heterocycles. The molecule has 0 amide bonds. The van der Waals surface area contributed by atoms with Crippen LogP contribution in [0.1, 0.15) is 23.0 Å². The molecule has 0 N–H and O–H groups in total. The van der Waals surface area contributed by atoms with Gasteiger partial charge in [0.2, 0.25) is 0 Å². The maximum absolute atomic E-state index is 11.9. The molecule has 0 aliphatic heterocycles. The number of fused-ring (bicyclic) bond motifs is 1. The Morgan fingerprint density at radius 2 is 2.18 bits per heavy atom. The number of nitrogens with zero attached hydrogens (tertiary/aromatic N) is 1. The number of benzene rings is 1. The number of hydrogen-bond acceptors (Lipinski definition) is 2. The van der Waals surface area contributed by atoms with Crippen LogP contribution in [0.3, 0.4) is 0 Å². The molecular weight excluding hydrogens is 282 g/mol. The highest BCUT2D eigenvalue weighted by atomic mass is 79.9. The largest absolute Gasteiger partial charge is 0.462 e. The van der Waals surface area contributed by atoms with E-state index in [-0.39, 0.29) is 5.97 Å². The average molecular weight is 296 g/mol. The van der Waals surface area contributed by atoms with Crippen molar-refractivity contribution >= 4 is 32.8 Å². The molecule has 90 valence electrons. The standard InChI is InChI=1S/C13H14BrNO2/c1-4-17-13(16)12-8(2)15(3)11-7-9(14)5-6-10(11)12/h5-7H,4H2,1-3H3. The van der Waals surface area contributed by atoms with Gasteiger partial charge in [-0.2, -0.15) is 0 Å². The van der Waals surface area contributed by atoms with E-state index < -0.39 is 0 Å². The van der Waals surface area contributed by atoms with Crippen LogP contribution >= 0.6 is 15.9 Å². The van der Waals surface area contributed by atoms with Crippen LogP contribution in [0.2, 0.25) is 0 Å². The van der Waals surface area contributed by atoms with E-state index >= 15 is 0 Å². The summed E-state index contributed by atoms with van der Waals surface area (Å²) in [6.45, 7) is 4.14. The highest BCUT2D eigenvalue weighted by Gasteiger charge is 2.19. The van der Waals surface area contributed by atoms with Crippen LogP contribution in [0, 0.1) is 6.92 Å². The summed E-state index contributed by atoms with van der Waals surface area (Å²) in [6.07, 6.45) is 0. The van der Waals surface area contributed by atoms with Gasteiger partial charge < -0.3 is 9.30 Å². The van der Waals surface area contributed by atoms with E-state index in [0.29, 0.717) is 12.2 Å². The first-order valence-corrected chi connectivity index (χ1v) is 6.27. The van der Waals surface area contributed by atoms with E-state index in [1.807, 2.05) is 43.7 Å². The molecule has 0 unspecified atom stereocenters. The van der Waals surface area contributed by atoms with Gasteiger partial charge in [0.1, 0.15) is 0 Å². The topological polar surface area (TPSA) is 31.2 Å². The lowest BCUT2D eigenvalue weighted by Crippen LogP contribution is -2.06. The first-order valence-electron chi connectivity index (χ1n) is 5.48. The second kappa shape index (κ2) is 4.53. The second-order valence-electron chi connectivity index (χ2n) is 3.90. The number of carbonyl (C=O) groups excluding carboxylic acids is 1. The maximum Gasteiger partial charge on any atom is 0.340 e. The van der Waals surface area contributed by atoms with Crippen molar-refractivity contribution in [3.8, 4) is 0 Å². The fourth-order valence-corrected chi connectivity index (χ4v) is 2.35. The van der Waals surface area contributed by atoms with E-state index in [4.69, 9.17) is 4.74 Å². The highest BCUT2D eigenvalue weighted by molar-refractivity contribution is 9.10. The van der Waals surface area contributed by atoms with Crippen molar-refractivity contribution < 1.29 is 9.53 Å². The Bertz CT molecular complexity index is 587. The van der Waals surface area contributed by atoms with Gasteiger partial charge in [-0.25, -0.2) is 4.79 Å². The number of halogens is 1. The Balaban J connectivity index is 2.71. The van der Waals surface area contributed by atoms with E-state index in [0.717, 1.165) is 21.1 Å². The predicted molar refractivity (Wildman–Crippen MR) is 71.3 cm³/mol. The molecule has 0 radical (unpaired) electrons. The van der Waals surface area contributed by atoms with Crippen LogP contribution in [-0.4, -0.2) is 17.1 Å². The first-order chi connectivity index (χ1) is 8.06. The fourth-order valence-electron chi connectivity index (χ4n) is 2.00. The molecule has 0 bridgehead atoms. The zero-order chi connectivity index (χ0) is 12.6. The Hall–Kier alpha value is -1.29. The zero-order valence-electron chi connectivity index (χ0n) is 10.1. The third-order valence-corrected chi connectivity index (χ3v) is 3.43. The van der Waals surface area contributed by atoms with Crippen LogP contribution in [0.25, 0.3) is 10.9 Å². The first kappa shape index (κ1) is 12.2. The third kappa shape index (κ3) is 1.97. The molecular formula is C13H14BrNO2. The molecule has 0 aliphatic carbocycles. The minimum Gasteiger partial charge on any atom is -0.462 e. The Labute approximate surface area is 108 Å². The Morgan fingerprint density at radius 1 is 1.47 bits per heavy atom. The minimum absolute atomic E-state index is 0.252. The molecule has 0 atom stereocenters. The van der Waals surface area contributed by atoms with Crippen molar-refractivity contribution in [3.63, 3.8) is 0 Å². The maximum atomic E-state index is 11.9. The molecule has 1 heterocycles. The molecule has 2 rings (SSSR count).